The van der Waals surface area contributed by atoms with Crippen LogP contribution in [0.25, 0.3) is 5.57 Å². The molecule has 2 rings (SSSR count). The topological polar surface area (TPSA) is 54.4 Å². The van der Waals surface area contributed by atoms with Crippen molar-refractivity contribution in [2.24, 2.45) is 0 Å². The maximum Gasteiger partial charge on any atom is 0.200 e. The van der Waals surface area contributed by atoms with E-state index in [0.717, 1.165) is 5.56 Å². The van der Waals surface area contributed by atoms with Gasteiger partial charge < -0.3 is 5.11 Å². The molecule has 80 valence electrons. The van der Waals surface area contributed by atoms with Crippen LogP contribution in [-0.4, -0.2) is 19.6 Å². The fourth-order valence-corrected chi connectivity index (χ4v) is 3.27. The van der Waals surface area contributed by atoms with Crippen LogP contribution in [0.15, 0.2) is 34.6 Å². The molecule has 0 saturated heterocycles. The fraction of sp³-hybridized carbons (Fsp3) is 0.273. The van der Waals surface area contributed by atoms with E-state index in [9.17, 15) is 13.5 Å². The Labute approximate surface area is 89.0 Å². The standard InChI is InChI=1S/C11H12O3S/c1-8(12)6-9-7-15(13,14)11-5-3-2-4-10(9)11/h2-5,7-8,12H,6H2,1H3. The highest BCUT2D eigenvalue weighted by atomic mass is 32.2. The predicted octanol–water partition coefficient (Wildman–Crippen LogP) is 1.59. The third-order valence-corrected chi connectivity index (χ3v) is 3.92. The quantitative estimate of drug-likeness (QED) is 0.830. The molecule has 1 aliphatic rings. The third kappa shape index (κ3) is 1.82. The van der Waals surface area contributed by atoms with Crippen molar-refractivity contribution in [1.29, 1.82) is 0 Å². The van der Waals surface area contributed by atoms with Gasteiger partial charge >= 0.3 is 0 Å². The second-order valence-electron chi connectivity index (χ2n) is 3.74. The number of fused-ring (bicyclic) bond motifs is 1. The van der Waals surface area contributed by atoms with E-state index in [-0.39, 0.29) is 0 Å². The molecule has 0 spiro atoms. The summed E-state index contributed by atoms with van der Waals surface area (Å²) in [4.78, 5) is 0.348. The van der Waals surface area contributed by atoms with E-state index < -0.39 is 15.9 Å². The highest BCUT2D eigenvalue weighted by Crippen LogP contribution is 2.35. The molecule has 4 heteroatoms. The molecule has 0 fully saturated rings. The minimum Gasteiger partial charge on any atom is -0.393 e. The van der Waals surface area contributed by atoms with Gasteiger partial charge in [-0.1, -0.05) is 18.2 Å². The van der Waals surface area contributed by atoms with E-state index in [1.165, 1.54) is 5.41 Å². The maximum atomic E-state index is 11.7. The molecule has 3 nitrogen and oxygen atoms in total. The van der Waals surface area contributed by atoms with E-state index in [1.54, 1.807) is 31.2 Å². The highest BCUT2D eigenvalue weighted by molar-refractivity contribution is 7.95. The van der Waals surface area contributed by atoms with Crippen LogP contribution in [0.4, 0.5) is 0 Å². The Kier molecular flexibility index (Phi) is 2.40. The van der Waals surface area contributed by atoms with Gasteiger partial charge in [-0.3, -0.25) is 0 Å². The van der Waals surface area contributed by atoms with Crippen molar-refractivity contribution in [3.63, 3.8) is 0 Å². The summed E-state index contributed by atoms with van der Waals surface area (Å²) in [5, 5.41) is 10.5. The van der Waals surface area contributed by atoms with Gasteiger partial charge in [0, 0.05) is 5.41 Å². The number of hydrogen-bond donors (Lipinski definition) is 1. The van der Waals surface area contributed by atoms with Gasteiger partial charge in [0.2, 0.25) is 9.84 Å². The van der Waals surface area contributed by atoms with Crippen LogP contribution in [0.3, 0.4) is 0 Å². The van der Waals surface area contributed by atoms with Crippen LogP contribution in [0.2, 0.25) is 0 Å². The highest BCUT2D eigenvalue weighted by Gasteiger charge is 2.26. The zero-order valence-electron chi connectivity index (χ0n) is 8.34. The molecule has 0 radical (unpaired) electrons. The van der Waals surface area contributed by atoms with E-state index in [4.69, 9.17) is 0 Å². The number of benzene rings is 1. The van der Waals surface area contributed by atoms with Gasteiger partial charge in [0.1, 0.15) is 0 Å². The van der Waals surface area contributed by atoms with Gasteiger partial charge in [-0.05, 0) is 30.5 Å². The van der Waals surface area contributed by atoms with Crippen LogP contribution < -0.4 is 0 Å². The van der Waals surface area contributed by atoms with Crippen molar-refractivity contribution in [3.05, 3.63) is 35.2 Å². The number of rotatable bonds is 2. The van der Waals surface area contributed by atoms with Crippen molar-refractivity contribution in [2.75, 3.05) is 0 Å². The van der Waals surface area contributed by atoms with Gasteiger partial charge in [-0.2, -0.15) is 0 Å². The molecule has 15 heavy (non-hydrogen) atoms. The Morgan fingerprint density at radius 2 is 2.00 bits per heavy atom. The average Bonchev–Trinajstić information content (AvgIpc) is 2.39. The lowest BCUT2D eigenvalue weighted by Gasteiger charge is -2.05. The smallest absolute Gasteiger partial charge is 0.200 e. The van der Waals surface area contributed by atoms with Gasteiger partial charge in [-0.25, -0.2) is 8.42 Å². The molecule has 1 aromatic carbocycles. The molecule has 1 N–H and O–H groups in total. The summed E-state index contributed by atoms with van der Waals surface area (Å²) in [5.74, 6) is 0. The maximum absolute atomic E-state index is 11.7. The Morgan fingerprint density at radius 3 is 2.67 bits per heavy atom. The molecular weight excluding hydrogens is 212 g/mol. The van der Waals surface area contributed by atoms with Crippen LogP contribution in [-0.2, 0) is 9.84 Å². The van der Waals surface area contributed by atoms with Crippen molar-refractivity contribution in [2.45, 2.75) is 24.3 Å². The largest absolute Gasteiger partial charge is 0.393 e. The number of sulfone groups is 1. The molecule has 0 bridgehead atoms. The van der Waals surface area contributed by atoms with E-state index >= 15 is 0 Å². The van der Waals surface area contributed by atoms with Crippen molar-refractivity contribution in [1.82, 2.24) is 0 Å². The zero-order chi connectivity index (χ0) is 11.1. The first-order valence-electron chi connectivity index (χ1n) is 4.74. The summed E-state index contributed by atoms with van der Waals surface area (Å²) in [6, 6.07) is 6.87. The molecule has 1 aliphatic heterocycles. The van der Waals surface area contributed by atoms with Gasteiger partial charge in [0.15, 0.2) is 0 Å². The first-order chi connectivity index (χ1) is 7.00. The Bertz CT molecular complexity index is 512. The molecule has 0 aliphatic carbocycles. The first kappa shape index (κ1) is 10.4. The predicted molar refractivity (Wildman–Crippen MR) is 57.9 cm³/mol. The molecule has 0 aromatic heterocycles. The van der Waals surface area contributed by atoms with Gasteiger partial charge in [0.25, 0.3) is 0 Å². The molecule has 1 unspecified atom stereocenters. The monoisotopic (exact) mass is 224 g/mol. The minimum atomic E-state index is -3.27. The van der Waals surface area contributed by atoms with Crippen LogP contribution in [0.5, 0.6) is 0 Å². The second kappa shape index (κ2) is 3.47. The van der Waals surface area contributed by atoms with E-state index in [1.807, 2.05) is 0 Å². The summed E-state index contributed by atoms with van der Waals surface area (Å²) in [6.07, 6.45) is -0.159. The molecule has 1 aromatic rings. The lowest BCUT2D eigenvalue weighted by molar-refractivity contribution is 0.201. The van der Waals surface area contributed by atoms with Crippen molar-refractivity contribution < 1.29 is 13.5 Å². The Morgan fingerprint density at radius 1 is 1.33 bits per heavy atom. The van der Waals surface area contributed by atoms with Crippen LogP contribution in [0, 0.1) is 0 Å². The number of aliphatic hydroxyl groups is 1. The minimum absolute atomic E-state index is 0.348. The molecule has 1 heterocycles. The van der Waals surface area contributed by atoms with Crippen LogP contribution >= 0.6 is 0 Å². The zero-order valence-corrected chi connectivity index (χ0v) is 9.16. The summed E-state index contributed by atoms with van der Waals surface area (Å²) in [7, 11) is -3.27. The average molecular weight is 224 g/mol. The van der Waals surface area contributed by atoms with Crippen molar-refractivity contribution in [3.8, 4) is 0 Å². The number of aliphatic hydroxyl groups excluding tert-OH is 1. The second-order valence-corrected chi connectivity index (χ2v) is 5.50. The molecular formula is C11H12O3S. The SMILES string of the molecule is CC(O)CC1=CS(=O)(=O)c2ccccc21. The summed E-state index contributed by atoms with van der Waals surface area (Å²) >= 11 is 0. The van der Waals surface area contributed by atoms with E-state index in [0.29, 0.717) is 16.9 Å². The summed E-state index contributed by atoms with van der Waals surface area (Å²) < 4.78 is 23.4. The molecule has 0 saturated carbocycles. The Balaban J connectivity index is 2.54. The normalized spacial score (nSPS) is 19.5. The van der Waals surface area contributed by atoms with Crippen molar-refractivity contribution >= 4 is 15.4 Å². The van der Waals surface area contributed by atoms with E-state index in [2.05, 4.69) is 0 Å². The van der Waals surface area contributed by atoms with Gasteiger partial charge in [0.05, 0.1) is 11.0 Å². The van der Waals surface area contributed by atoms with Gasteiger partial charge in [-0.15, -0.1) is 0 Å². The first-order valence-corrected chi connectivity index (χ1v) is 6.28. The third-order valence-electron chi connectivity index (χ3n) is 2.35. The Hall–Kier alpha value is -1.13. The van der Waals surface area contributed by atoms with Crippen LogP contribution in [0.1, 0.15) is 18.9 Å². The fourth-order valence-electron chi connectivity index (χ4n) is 1.77. The number of hydrogen-bond acceptors (Lipinski definition) is 3. The molecule has 0 amide bonds. The summed E-state index contributed by atoms with van der Waals surface area (Å²) in [5.41, 5.74) is 1.42. The lowest BCUT2D eigenvalue weighted by Crippen LogP contribution is -1.99. The summed E-state index contributed by atoms with van der Waals surface area (Å²) in [6.45, 7) is 1.65. The molecule has 1 atom stereocenters. The lowest BCUT2D eigenvalue weighted by atomic mass is 10.0.